The van der Waals surface area contributed by atoms with E-state index in [1.807, 2.05) is 36.4 Å². The van der Waals surface area contributed by atoms with Crippen molar-refractivity contribution in [3.05, 3.63) is 118 Å². The molecule has 0 spiro atoms. The number of hydrogen-bond acceptors (Lipinski definition) is 9. The van der Waals surface area contributed by atoms with Gasteiger partial charge in [-0.25, -0.2) is 4.98 Å². The molecule has 1 fully saturated rings. The van der Waals surface area contributed by atoms with Gasteiger partial charge in [-0.05, 0) is 70.6 Å². The van der Waals surface area contributed by atoms with Crippen molar-refractivity contribution in [1.29, 1.82) is 5.26 Å². The summed E-state index contributed by atoms with van der Waals surface area (Å²) < 4.78 is 6.43. The van der Waals surface area contributed by atoms with Gasteiger partial charge >= 0.3 is 0 Å². The van der Waals surface area contributed by atoms with Gasteiger partial charge in [-0.15, -0.1) is 5.53 Å². The third kappa shape index (κ3) is 5.60. The molecule has 10 heteroatoms. The molecule has 2 aliphatic rings. The Bertz CT molecular complexity index is 1860. The molecule has 5 aromatic rings. The Balaban J connectivity index is 1.30. The van der Waals surface area contributed by atoms with Gasteiger partial charge in [0.1, 0.15) is 12.3 Å². The number of oxazole rings is 1. The quantitative estimate of drug-likeness (QED) is 0.122. The predicted molar refractivity (Wildman–Crippen MR) is 175 cm³/mol. The van der Waals surface area contributed by atoms with Gasteiger partial charge < -0.3 is 20.5 Å². The maximum absolute atomic E-state index is 10.1. The van der Waals surface area contributed by atoms with Gasteiger partial charge in [0.25, 0.3) is 0 Å². The van der Waals surface area contributed by atoms with Gasteiger partial charge in [0.2, 0.25) is 5.89 Å². The minimum atomic E-state index is -0.235. The van der Waals surface area contributed by atoms with E-state index in [0.29, 0.717) is 17.5 Å². The Morgan fingerprint density at radius 1 is 1.07 bits per heavy atom. The number of hydrogen-bond donors (Lipinski definition) is 4. The molecule has 3 aromatic carbocycles. The average molecular weight is 648 g/mol. The molecule has 0 bridgehead atoms. The van der Waals surface area contributed by atoms with E-state index in [-0.39, 0.29) is 12.1 Å². The monoisotopic (exact) mass is 646 g/mol. The molecule has 220 valence electrons. The number of aromatic nitrogens is 2. The Morgan fingerprint density at radius 3 is 2.66 bits per heavy atom. The maximum atomic E-state index is 10.1. The fourth-order valence-corrected chi connectivity index (χ4v) is 6.19. The lowest BCUT2D eigenvalue weighted by atomic mass is 10.00. The lowest BCUT2D eigenvalue weighted by Crippen LogP contribution is -2.38. The number of anilines is 2. The first-order valence-electron chi connectivity index (χ1n) is 14.7. The normalized spacial score (nSPS) is 15.8. The molecule has 9 nitrogen and oxygen atoms in total. The smallest absolute Gasteiger partial charge is 0.225 e. The van der Waals surface area contributed by atoms with Gasteiger partial charge in [0.05, 0.1) is 40.7 Å². The number of halogens is 1. The second kappa shape index (κ2) is 12.0. The van der Waals surface area contributed by atoms with Crippen LogP contribution in [0.1, 0.15) is 55.0 Å². The molecule has 2 aromatic heterocycles. The third-order valence-electron chi connectivity index (χ3n) is 8.04. The van der Waals surface area contributed by atoms with Crippen molar-refractivity contribution in [2.75, 3.05) is 10.6 Å². The topological polar surface area (TPSA) is 114 Å². The van der Waals surface area contributed by atoms with Gasteiger partial charge in [-0.2, -0.15) is 5.26 Å². The summed E-state index contributed by atoms with van der Waals surface area (Å²) in [6.45, 7) is 2.14. The number of rotatable bonds is 10. The van der Waals surface area contributed by atoms with Crippen molar-refractivity contribution in [3.63, 3.8) is 0 Å². The van der Waals surface area contributed by atoms with Crippen molar-refractivity contribution in [1.82, 2.24) is 25.9 Å². The van der Waals surface area contributed by atoms with Gasteiger partial charge in [0, 0.05) is 39.5 Å². The molecule has 0 unspecified atom stereocenters. The van der Waals surface area contributed by atoms with Crippen LogP contribution in [0, 0.1) is 11.3 Å². The molecule has 3 heterocycles. The molecule has 0 amide bonds. The van der Waals surface area contributed by atoms with Crippen LogP contribution in [-0.2, 0) is 0 Å². The number of nitrogens with one attached hydrogen (secondary N) is 4. The van der Waals surface area contributed by atoms with E-state index in [9.17, 15) is 5.26 Å². The van der Waals surface area contributed by atoms with Gasteiger partial charge in [0.15, 0.2) is 0 Å². The van der Waals surface area contributed by atoms with E-state index >= 15 is 0 Å². The highest BCUT2D eigenvalue weighted by Crippen LogP contribution is 2.38. The molecule has 0 radical (unpaired) electrons. The Hall–Kier alpha value is -4.85. The number of pyridine rings is 1. The Kier molecular flexibility index (Phi) is 7.64. The van der Waals surface area contributed by atoms with E-state index in [1.54, 1.807) is 18.7 Å². The number of nitriles is 1. The molecule has 1 aliphatic carbocycles. The predicted octanol–water partition coefficient (Wildman–Crippen LogP) is 7.57. The molecule has 44 heavy (non-hydrogen) atoms. The van der Waals surface area contributed by atoms with Crippen molar-refractivity contribution in [2.45, 2.75) is 44.3 Å². The minimum absolute atomic E-state index is 0.0299. The fourth-order valence-electron chi connectivity index (χ4n) is 5.63. The summed E-state index contributed by atoms with van der Waals surface area (Å²) in [4.78, 5) is 9.01. The fraction of sp³-hybridized carbons (Fsp3) is 0.206. The SMILES string of the molecule is CC[C@@H](Nc1c(C#N)cnc2c(Br)cc(N[C@H](C3=CN(C4CC4)NN3)c3cccc(-c4ncco4)c3)cc12)c1ccccc1. The number of nitrogens with zero attached hydrogens (tertiary/aromatic N) is 4. The summed E-state index contributed by atoms with van der Waals surface area (Å²) in [6, 6.07) is 25.2. The lowest BCUT2D eigenvalue weighted by molar-refractivity contribution is 0.260. The average Bonchev–Trinajstić information content (AvgIpc) is 3.53. The first-order chi connectivity index (χ1) is 21.6. The summed E-state index contributed by atoms with van der Waals surface area (Å²) in [5.41, 5.74) is 13.7. The largest absolute Gasteiger partial charge is 0.445 e. The highest BCUT2D eigenvalue weighted by Gasteiger charge is 2.32. The minimum Gasteiger partial charge on any atom is -0.445 e. The van der Waals surface area contributed by atoms with Crippen LogP contribution >= 0.6 is 15.9 Å². The standard InChI is InChI=1S/C34H31BrN8O/c1-2-29(21-7-4-3-5-8-21)40-31-24(18-36)19-38-33-27(31)16-25(17-28(33)35)39-32(30-20-43(42-41-30)26-11-12-26)22-9-6-10-23(15-22)34-37-13-14-44-34/h3-10,13-17,19-20,26,29,32,39,41-42H,2,11-12H2,1H3,(H,38,40)/t29-,32+/m1/s1. The van der Waals surface area contributed by atoms with E-state index in [4.69, 9.17) is 4.42 Å². The zero-order valence-corrected chi connectivity index (χ0v) is 25.7. The highest BCUT2D eigenvalue weighted by atomic mass is 79.9. The molecule has 4 N–H and O–H groups in total. The van der Waals surface area contributed by atoms with Crippen LogP contribution in [0.25, 0.3) is 22.4 Å². The molecular formula is C34H31BrN8O. The zero-order valence-electron chi connectivity index (χ0n) is 24.1. The maximum Gasteiger partial charge on any atom is 0.225 e. The number of benzene rings is 3. The van der Waals surface area contributed by atoms with Crippen molar-refractivity contribution in [2.24, 2.45) is 0 Å². The van der Waals surface area contributed by atoms with Gasteiger partial charge in [-0.3, -0.25) is 9.99 Å². The molecule has 1 aliphatic heterocycles. The molecule has 7 rings (SSSR count). The molecule has 0 saturated heterocycles. The summed E-state index contributed by atoms with van der Waals surface area (Å²) in [6.07, 6.45) is 10.2. The second-order valence-corrected chi connectivity index (χ2v) is 11.9. The van der Waals surface area contributed by atoms with Crippen molar-refractivity contribution >= 4 is 38.2 Å². The Morgan fingerprint density at radius 2 is 1.91 bits per heavy atom. The number of fused-ring (bicyclic) bond motifs is 1. The Labute approximate surface area is 264 Å². The first kappa shape index (κ1) is 28.0. The third-order valence-corrected chi connectivity index (χ3v) is 8.65. The van der Waals surface area contributed by atoms with Crippen LogP contribution in [0.2, 0.25) is 0 Å². The van der Waals surface area contributed by atoms with Crippen LogP contribution in [-0.4, -0.2) is 21.0 Å². The van der Waals surface area contributed by atoms with E-state index in [2.05, 4.69) is 102 Å². The van der Waals surface area contributed by atoms with E-state index < -0.39 is 0 Å². The second-order valence-electron chi connectivity index (χ2n) is 11.0. The van der Waals surface area contributed by atoms with Crippen LogP contribution in [0.4, 0.5) is 11.4 Å². The molecular weight excluding hydrogens is 616 g/mol. The first-order valence-corrected chi connectivity index (χ1v) is 15.5. The van der Waals surface area contributed by atoms with Crippen molar-refractivity contribution < 1.29 is 4.42 Å². The summed E-state index contributed by atoms with van der Waals surface area (Å²) in [5, 5.41) is 20.5. The van der Waals surface area contributed by atoms with Crippen LogP contribution in [0.15, 0.2) is 106 Å². The number of hydrazine groups is 2. The summed E-state index contributed by atoms with van der Waals surface area (Å²) in [5.74, 6) is 0.569. The van der Waals surface area contributed by atoms with Crippen molar-refractivity contribution in [3.8, 4) is 17.5 Å². The lowest BCUT2D eigenvalue weighted by Gasteiger charge is -2.24. The summed E-state index contributed by atoms with van der Waals surface area (Å²) >= 11 is 3.78. The van der Waals surface area contributed by atoms with E-state index in [1.165, 1.54) is 12.8 Å². The van der Waals surface area contributed by atoms with Gasteiger partial charge in [-0.1, -0.05) is 49.4 Å². The summed E-state index contributed by atoms with van der Waals surface area (Å²) in [7, 11) is 0. The molecule has 1 saturated carbocycles. The molecule has 2 atom stereocenters. The zero-order chi connectivity index (χ0) is 30.0. The van der Waals surface area contributed by atoms with E-state index in [0.717, 1.165) is 55.6 Å². The van der Waals surface area contributed by atoms with Crippen LogP contribution in [0.3, 0.4) is 0 Å². The van der Waals surface area contributed by atoms with Crippen LogP contribution < -0.4 is 21.6 Å². The van der Waals surface area contributed by atoms with Crippen LogP contribution in [0.5, 0.6) is 0 Å². The highest BCUT2D eigenvalue weighted by molar-refractivity contribution is 9.10.